The van der Waals surface area contributed by atoms with Crippen molar-refractivity contribution in [2.45, 2.75) is 19.0 Å². The summed E-state index contributed by atoms with van der Waals surface area (Å²) in [7, 11) is 0. The van der Waals surface area contributed by atoms with Gasteiger partial charge in [0.1, 0.15) is 23.6 Å². The molecule has 9 heteroatoms. The van der Waals surface area contributed by atoms with Crippen LogP contribution in [0, 0.1) is 11.3 Å². The maximum absolute atomic E-state index is 12.7. The Morgan fingerprint density at radius 2 is 1.85 bits per heavy atom. The van der Waals surface area contributed by atoms with Crippen molar-refractivity contribution in [2.24, 2.45) is 0 Å². The van der Waals surface area contributed by atoms with Gasteiger partial charge in [0.25, 0.3) is 6.43 Å². The average Bonchev–Trinajstić information content (AvgIpc) is 3.60. The van der Waals surface area contributed by atoms with Crippen molar-refractivity contribution in [2.75, 3.05) is 50.8 Å². The first kappa shape index (κ1) is 25.3. The Bertz CT molecular complexity index is 1490. The largest absolute Gasteiger partial charge is 0.488 e. The van der Waals surface area contributed by atoms with Crippen molar-refractivity contribution in [3.05, 3.63) is 66.4 Å². The molecule has 2 aliphatic rings. The van der Waals surface area contributed by atoms with Crippen molar-refractivity contribution in [1.29, 1.82) is 5.26 Å². The maximum atomic E-state index is 12.7. The molecule has 4 aromatic rings. The highest BCUT2D eigenvalue weighted by Gasteiger charge is 2.26. The normalized spacial score (nSPS) is 18.1. The lowest BCUT2D eigenvalue weighted by molar-refractivity contribution is 0.0931. The number of hydrogen-bond donors (Lipinski definition) is 1. The zero-order valence-corrected chi connectivity index (χ0v) is 21.4. The SMILES string of the molecule is N#Cc1cc(-c2ccnc3[nH]c(-c4ccc(N5CCOCC5)cc4)cc23)ccc1OC1CCN(CC(F)F)C1. The lowest BCUT2D eigenvalue weighted by atomic mass is 10.0. The summed E-state index contributed by atoms with van der Waals surface area (Å²) in [6.45, 7) is 4.03. The number of nitrogens with one attached hydrogen (secondary N) is 1. The number of nitrogens with zero attached hydrogens (tertiary/aromatic N) is 4. The summed E-state index contributed by atoms with van der Waals surface area (Å²) < 4.78 is 37.0. The molecule has 4 heterocycles. The van der Waals surface area contributed by atoms with E-state index >= 15 is 0 Å². The lowest BCUT2D eigenvalue weighted by Crippen LogP contribution is -2.36. The number of ether oxygens (including phenoxy) is 2. The fourth-order valence-corrected chi connectivity index (χ4v) is 5.43. The van der Waals surface area contributed by atoms with E-state index in [2.05, 4.69) is 51.3 Å². The van der Waals surface area contributed by atoms with Crippen LogP contribution >= 0.6 is 0 Å². The molecule has 2 saturated heterocycles. The van der Waals surface area contributed by atoms with Crippen LogP contribution in [0.15, 0.2) is 60.8 Å². The molecule has 6 rings (SSSR count). The van der Waals surface area contributed by atoms with E-state index in [9.17, 15) is 14.0 Å². The van der Waals surface area contributed by atoms with Gasteiger partial charge in [-0.2, -0.15) is 5.26 Å². The number of pyridine rings is 1. The van der Waals surface area contributed by atoms with Crippen LogP contribution in [0.1, 0.15) is 12.0 Å². The second-order valence-corrected chi connectivity index (χ2v) is 9.95. The van der Waals surface area contributed by atoms with Crippen LogP contribution in [0.2, 0.25) is 0 Å². The third-order valence-electron chi connectivity index (χ3n) is 7.42. The Morgan fingerprint density at radius 3 is 2.62 bits per heavy atom. The first-order valence-corrected chi connectivity index (χ1v) is 13.2. The molecule has 2 fully saturated rings. The summed E-state index contributed by atoms with van der Waals surface area (Å²) in [5.41, 5.74) is 6.23. The number of alkyl halides is 2. The van der Waals surface area contributed by atoms with E-state index in [1.54, 1.807) is 17.2 Å². The van der Waals surface area contributed by atoms with Crippen LogP contribution in [0.3, 0.4) is 0 Å². The summed E-state index contributed by atoms with van der Waals surface area (Å²) in [5.74, 6) is 0.477. The molecule has 0 aliphatic carbocycles. The van der Waals surface area contributed by atoms with Crippen LogP contribution < -0.4 is 9.64 Å². The van der Waals surface area contributed by atoms with Crippen LogP contribution in [-0.4, -0.2) is 73.3 Å². The Morgan fingerprint density at radius 1 is 1.05 bits per heavy atom. The molecule has 7 nitrogen and oxygen atoms in total. The predicted octanol–water partition coefficient (Wildman–Crippen LogP) is 5.32. The first-order valence-electron chi connectivity index (χ1n) is 13.2. The molecule has 0 radical (unpaired) electrons. The molecule has 1 N–H and O–H groups in total. The molecule has 0 amide bonds. The predicted molar refractivity (Wildman–Crippen MR) is 146 cm³/mol. The van der Waals surface area contributed by atoms with Crippen molar-refractivity contribution in [1.82, 2.24) is 14.9 Å². The number of anilines is 1. The van der Waals surface area contributed by atoms with E-state index in [1.165, 1.54) is 5.69 Å². The summed E-state index contributed by atoms with van der Waals surface area (Å²) in [5, 5.41) is 10.8. The Labute approximate surface area is 225 Å². The van der Waals surface area contributed by atoms with Crippen molar-refractivity contribution < 1.29 is 18.3 Å². The number of morpholine rings is 1. The molecule has 1 unspecified atom stereocenters. The maximum Gasteiger partial charge on any atom is 0.251 e. The van der Waals surface area contributed by atoms with Crippen LogP contribution in [-0.2, 0) is 4.74 Å². The number of aromatic nitrogens is 2. The molecular formula is C30H29F2N5O2. The van der Waals surface area contributed by atoms with E-state index in [-0.39, 0.29) is 12.6 Å². The number of likely N-dealkylation sites (tertiary alicyclic amines) is 1. The van der Waals surface area contributed by atoms with Crippen molar-refractivity contribution >= 4 is 16.7 Å². The minimum Gasteiger partial charge on any atom is -0.488 e. The van der Waals surface area contributed by atoms with Gasteiger partial charge < -0.3 is 19.4 Å². The van der Waals surface area contributed by atoms with Gasteiger partial charge in [-0.25, -0.2) is 13.8 Å². The fourth-order valence-electron chi connectivity index (χ4n) is 5.43. The third-order valence-corrected chi connectivity index (χ3v) is 7.42. The minimum atomic E-state index is -2.36. The number of rotatable bonds is 7. The molecule has 0 spiro atoms. The van der Waals surface area contributed by atoms with Crippen LogP contribution in [0.4, 0.5) is 14.5 Å². The van der Waals surface area contributed by atoms with E-state index < -0.39 is 6.43 Å². The Kier molecular flexibility index (Phi) is 7.14. The van der Waals surface area contributed by atoms with Crippen LogP contribution in [0.25, 0.3) is 33.4 Å². The topological polar surface area (TPSA) is 77.4 Å². The van der Waals surface area contributed by atoms with Gasteiger partial charge in [-0.1, -0.05) is 18.2 Å². The minimum absolute atomic E-state index is 0.212. The number of aromatic amines is 1. The number of benzene rings is 2. The fraction of sp³-hybridized carbons (Fsp3) is 0.333. The second kappa shape index (κ2) is 11.0. The van der Waals surface area contributed by atoms with E-state index in [1.807, 2.05) is 18.2 Å². The molecule has 39 heavy (non-hydrogen) atoms. The molecule has 2 aromatic heterocycles. The Balaban J connectivity index is 1.23. The van der Waals surface area contributed by atoms with Crippen molar-refractivity contribution in [3.63, 3.8) is 0 Å². The average molecular weight is 530 g/mol. The number of H-pyrrole nitrogens is 1. The summed E-state index contributed by atoms with van der Waals surface area (Å²) in [4.78, 5) is 12.0. The number of halogens is 2. The van der Waals surface area contributed by atoms with E-state index in [4.69, 9.17) is 9.47 Å². The first-order chi connectivity index (χ1) is 19.1. The van der Waals surface area contributed by atoms with Crippen LogP contribution in [0.5, 0.6) is 5.75 Å². The monoisotopic (exact) mass is 529 g/mol. The van der Waals surface area contributed by atoms with Gasteiger partial charge in [0.05, 0.1) is 25.3 Å². The molecule has 2 aromatic carbocycles. The van der Waals surface area contributed by atoms with E-state index in [0.717, 1.165) is 59.7 Å². The van der Waals surface area contributed by atoms with Crippen molar-refractivity contribution in [3.8, 4) is 34.2 Å². The van der Waals surface area contributed by atoms with Gasteiger partial charge in [0, 0.05) is 49.1 Å². The highest BCUT2D eigenvalue weighted by atomic mass is 19.3. The van der Waals surface area contributed by atoms with Gasteiger partial charge in [-0.3, -0.25) is 4.90 Å². The number of nitriles is 1. The highest BCUT2D eigenvalue weighted by molar-refractivity contribution is 5.96. The van der Waals surface area contributed by atoms with Gasteiger partial charge in [-0.15, -0.1) is 0 Å². The molecule has 1 atom stereocenters. The summed E-state index contributed by atoms with van der Waals surface area (Å²) in [6, 6.07) is 20.3. The second-order valence-electron chi connectivity index (χ2n) is 9.95. The quantitative estimate of drug-likeness (QED) is 0.349. The molecule has 0 saturated carbocycles. The molecule has 200 valence electrons. The third kappa shape index (κ3) is 5.44. The van der Waals surface area contributed by atoms with Gasteiger partial charge in [-0.05, 0) is 59.5 Å². The molecule has 0 bridgehead atoms. The Hall–Kier alpha value is -4.00. The zero-order valence-electron chi connectivity index (χ0n) is 21.4. The lowest BCUT2D eigenvalue weighted by Gasteiger charge is -2.28. The standard InChI is InChI=1S/C30H29F2N5O2/c31-29(32)19-36-10-8-24(18-36)39-28-6-3-21(15-22(28)17-33)25-7-9-34-30-26(25)16-27(35-30)20-1-4-23(5-2-20)37-11-13-38-14-12-37/h1-7,9,15-16,24,29H,8,10-14,18-19H2,(H,34,35). The molecular weight excluding hydrogens is 500 g/mol. The van der Waals surface area contributed by atoms with Gasteiger partial charge in [0.2, 0.25) is 0 Å². The zero-order chi connectivity index (χ0) is 26.8. The van der Waals surface area contributed by atoms with E-state index in [0.29, 0.717) is 30.8 Å². The smallest absolute Gasteiger partial charge is 0.251 e. The summed E-state index contributed by atoms with van der Waals surface area (Å²) in [6.07, 6.45) is -0.162. The molecule has 2 aliphatic heterocycles. The number of fused-ring (bicyclic) bond motifs is 1. The number of hydrogen-bond acceptors (Lipinski definition) is 6. The highest BCUT2D eigenvalue weighted by Crippen LogP contribution is 2.34. The van der Waals surface area contributed by atoms with Gasteiger partial charge in [0.15, 0.2) is 0 Å². The van der Waals surface area contributed by atoms with Gasteiger partial charge >= 0.3 is 0 Å². The summed E-state index contributed by atoms with van der Waals surface area (Å²) >= 11 is 0.